The van der Waals surface area contributed by atoms with E-state index in [1.807, 2.05) is 0 Å². The zero-order valence-corrected chi connectivity index (χ0v) is 44.5. The molecule has 65 heavy (non-hydrogen) atoms. The van der Waals surface area contributed by atoms with Crippen molar-refractivity contribution in [3.8, 4) is 0 Å². The van der Waals surface area contributed by atoms with Gasteiger partial charge in [0, 0.05) is 73.6 Å². The number of halogens is 2. The first-order chi connectivity index (χ1) is 30.9. The lowest BCUT2D eigenvalue weighted by molar-refractivity contribution is -0.212. The second-order valence-corrected chi connectivity index (χ2v) is 25.2. The topological polar surface area (TPSA) is 65.1 Å². The molecular weight excluding hydrogens is 936 g/mol. The van der Waals surface area contributed by atoms with Crippen LogP contribution in [0.5, 0.6) is 0 Å². The highest BCUT2D eigenvalue weighted by molar-refractivity contribution is 9.10. The van der Waals surface area contributed by atoms with Gasteiger partial charge in [-0.05, 0) is 165 Å². The third kappa shape index (κ3) is 9.65. The first-order valence-electron chi connectivity index (χ1n) is 25.7. The van der Waals surface area contributed by atoms with Gasteiger partial charge in [0.1, 0.15) is 6.10 Å². The Morgan fingerprint density at radius 1 is 0.754 bits per heavy atom. The number of allylic oxidation sites excluding steroid dienone is 2. The van der Waals surface area contributed by atoms with Crippen molar-refractivity contribution in [1.29, 1.82) is 0 Å². The van der Waals surface area contributed by atoms with Crippen LogP contribution in [0.2, 0.25) is 0 Å². The molecule has 2 aromatic rings. The minimum atomic E-state index is -0.302. The molecule has 1 heterocycles. The normalized spacial score (nSPS) is 35.8. The number of esters is 1. The molecule has 1 N–H and O–H groups in total. The van der Waals surface area contributed by atoms with Crippen molar-refractivity contribution >= 4 is 43.7 Å². The smallest absolute Gasteiger partial charge is 0.302 e. The standard InChI is InChI=1S/C56H82Br2N4O3/c1-39-21-26-56(28-27-54(7)46(50(56)40(39)2)19-20-48-53(6)24-23-49(65-41(3)63)52(4,5)47(53)22-25-55(48,54)8)51(64)59-29-9-30-60-33-35-61(36-34-60)31-10-32-62(37-42-11-15-44(57)16-12-42)38-43-13-17-45(58)18-14-43/h11-19,39-40,47-50H,9-10,20-38H2,1-8H3,(H,59,64)/t39-,40+,47+,48-,49+,50+,53+,54-,55-,56+/m1/s1. The molecule has 0 unspecified atom stereocenters. The maximum absolute atomic E-state index is 14.8. The van der Waals surface area contributed by atoms with E-state index in [9.17, 15) is 9.59 Å². The van der Waals surface area contributed by atoms with Gasteiger partial charge in [0.15, 0.2) is 0 Å². The Balaban J connectivity index is 0.844. The van der Waals surface area contributed by atoms with Gasteiger partial charge in [0.25, 0.3) is 0 Å². The molecule has 1 aliphatic heterocycles. The summed E-state index contributed by atoms with van der Waals surface area (Å²) in [6.45, 7) is 29.5. The van der Waals surface area contributed by atoms with E-state index >= 15 is 0 Å². The second-order valence-electron chi connectivity index (χ2n) is 23.4. The van der Waals surface area contributed by atoms with Crippen molar-refractivity contribution < 1.29 is 14.3 Å². The van der Waals surface area contributed by atoms with Gasteiger partial charge in [-0.3, -0.25) is 14.5 Å². The van der Waals surface area contributed by atoms with Crippen molar-refractivity contribution in [3.63, 3.8) is 0 Å². The molecule has 5 aliphatic carbocycles. The number of ether oxygens (including phenoxy) is 1. The number of rotatable bonds is 14. The molecule has 9 heteroatoms. The zero-order valence-electron chi connectivity index (χ0n) is 41.3. The lowest BCUT2D eigenvalue weighted by Gasteiger charge is -2.71. The number of hydrogen-bond acceptors (Lipinski definition) is 6. The average molecular weight is 1020 g/mol. The molecule has 8 rings (SSSR count). The Morgan fingerprint density at radius 3 is 1.95 bits per heavy atom. The monoisotopic (exact) mass is 1020 g/mol. The average Bonchev–Trinajstić information content (AvgIpc) is 3.26. The van der Waals surface area contributed by atoms with E-state index in [4.69, 9.17) is 4.74 Å². The van der Waals surface area contributed by atoms with Crippen molar-refractivity contribution in [2.75, 3.05) is 52.4 Å². The number of piperazine rings is 1. The quantitative estimate of drug-likeness (QED) is 0.116. The SMILES string of the molecule is CC(=O)O[C@H]1CC[C@]2(C)[C@H]3CC=C4[C@@H]5[C@@H](C)[C@H](C)CC[C@]5(C(=O)NCCCN5CCN(CCCN(Cc6ccc(Br)cc6)Cc6ccc(Br)cc6)CC5)CC[C@@]4(C)[C@]3(C)CC[C@H]2C1(C)C. The van der Waals surface area contributed by atoms with Crippen LogP contribution in [0.25, 0.3) is 0 Å². The molecule has 358 valence electrons. The minimum absolute atomic E-state index is 0.00248. The van der Waals surface area contributed by atoms with Crippen molar-refractivity contribution in [1.82, 2.24) is 20.0 Å². The summed E-state index contributed by atoms with van der Waals surface area (Å²) in [6.07, 6.45) is 14.7. The lowest BCUT2D eigenvalue weighted by Crippen LogP contribution is -2.66. The minimum Gasteiger partial charge on any atom is -0.462 e. The van der Waals surface area contributed by atoms with E-state index in [1.165, 1.54) is 24.0 Å². The summed E-state index contributed by atoms with van der Waals surface area (Å²) in [5.41, 5.74) is 4.47. The van der Waals surface area contributed by atoms with Crippen LogP contribution in [0, 0.1) is 56.7 Å². The summed E-state index contributed by atoms with van der Waals surface area (Å²) in [6, 6.07) is 17.5. The van der Waals surface area contributed by atoms with Crippen molar-refractivity contribution in [2.45, 2.75) is 145 Å². The molecule has 2 aromatic carbocycles. The number of nitrogens with one attached hydrogen (secondary N) is 1. The van der Waals surface area contributed by atoms with Gasteiger partial charge in [0.2, 0.25) is 5.91 Å². The molecule has 1 saturated heterocycles. The molecule has 6 aliphatic rings. The molecule has 10 atom stereocenters. The molecule has 0 radical (unpaired) electrons. The van der Waals surface area contributed by atoms with Gasteiger partial charge in [0.05, 0.1) is 5.41 Å². The number of nitrogens with zero attached hydrogens (tertiary/aromatic N) is 3. The zero-order chi connectivity index (χ0) is 46.4. The molecular formula is C56H82Br2N4O3. The highest BCUT2D eigenvalue weighted by atomic mass is 79.9. The van der Waals surface area contributed by atoms with E-state index in [-0.39, 0.29) is 39.1 Å². The Hall–Kier alpha value is -2.04. The van der Waals surface area contributed by atoms with E-state index < -0.39 is 0 Å². The number of carbonyl (C=O) groups is 2. The summed E-state index contributed by atoms with van der Waals surface area (Å²) in [5, 5.41) is 3.60. The summed E-state index contributed by atoms with van der Waals surface area (Å²) >= 11 is 7.19. The van der Waals surface area contributed by atoms with Crippen molar-refractivity contribution in [3.05, 3.63) is 80.3 Å². The summed E-state index contributed by atoms with van der Waals surface area (Å²) in [7, 11) is 0. The van der Waals surface area contributed by atoms with Crippen LogP contribution in [0.15, 0.2) is 69.1 Å². The molecule has 4 saturated carbocycles. The second kappa shape index (κ2) is 19.8. The third-order valence-corrected chi connectivity index (χ3v) is 20.7. The van der Waals surface area contributed by atoms with Gasteiger partial charge in [-0.1, -0.05) is 116 Å². The van der Waals surface area contributed by atoms with Crippen LogP contribution in [-0.2, 0) is 27.4 Å². The number of hydrogen-bond donors (Lipinski definition) is 1. The predicted octanol–water partition coefficient (Wildman–Crippen LogP) is 12.3. The number of amides is 1. The summed E-state index contributed by atoms with van der Waals surface area (Å²) < 4.78 is 8.25. The van der Waals surface area contributed by atoms with Crippen LogP contribution in [0.1, 0.15) is 137 Å². The Kier molecular flexibility index (Phi) is 15.0. The van der Waals surface area contributed by atoms with Gasteiger partial charge in [-0.25, -0.2) is 0 Å². The van der Waals surface area contributed by atoms with Crippen LogP contribution in [-0.4, -0.2) is 85.0 Å². The predicted molar refractivity (Wildman–Crippen MR) is 272 cm³/mol. The Bertz CT molecular complexity index is 1970. The van der Waals surface area contributed by atoms with Crippen LogP contribution < -0.4 is 5.32 Å². The van der Waals surface area contributed by atoms with E-state index in [0.717, 1.165) is 132 Å². The third-order valence-electron chi connectivity index (χ3n) is 19.7. The van der Waals surface area contributed by atoms with E-state index in [2.05, 4.69) is 155 Å². The summed E-state index contributed by atoms with van der Waals surface area (Å²) in [5.74, 6) is 2.74. The maximum atomic E-state index is 14.8. The molecule has 5 fully saturated rings. The van der Waals surface area contributed by atoms with E-state index in [0.29, 0.717) is 35.5 Å². The van der Waals surface area contributed by atoms with Gasteiger partial charge >= 0.3 is 5.97 Å². The molecule has 0 aromatic heterocycles. The highest BCUT2D eigenvalue weighted by Crippen LogP contribution is 2.76. The Labute approximate surface area is 410 Å². The fourth-order valence-corrected chi connectivity index (χ4v) is 16.1. The first-order valence-corrected chi connectivity index (χ1v) is 27.3. The van der Waals surface area contributed by atoms with Crippen LogP contribution in [0.3, 0.4) is 0 Å². The number of carbonyl (C=O) groups excluding carboxylic acids is 2. The van der Waals surface area contributed by atoms with Crippen molar-refractivity contribution in [2.24, 2.45) is 56.7 Å². The van der Waals surface area contributed by atoms with E-state index in [1.54, 1.807) is 12.5 Å². The summed E-state index contributed by atoms with van der Waals surface area (Å²) in [4.78, 5) is 34.9. The van der Waals surface area contributed by atoms with Gasteiger partial charge < -0.3 is 19.9 Å². The van der Waals surface area contributed by atoms with Gasteiger partial charge in [-0.2, -0.15) is 0 Å². The Morgan fingerprint density at radius 2 is 1.35 bits per heavy atom. The van der Waals surface area contributed by atoms with Crippen LogP contribution in [0.4, 0.5) is 0 Å². The maximum Gasteiger partial charge on any atom is 0.302 e. The molecule has 0 bridgehead atoms. The van der Waals surface area contributed by atoms with Gasteiger partial charge in [-0.15, -0.1) is 0 Å². The lowest BCUT2D eigenvalue weighted by atomic mass is 9.33. The molecule has 0 spiro atoms. The number of benzene rings is 2. The highest BCUT2D eigenvalue weighted by Gasteiger charge is 2.69. The van der Waals surface area contributed by atoms with Crippen LogP contribution >= 0.6 is 31.9 Å². The molecule has 1 amide bonds. The number of fused-ring (bicyclic) bond motifs is 7. The largest absolute Gasteiger partial charge is 0.462 e. The fraction of sp³-hybridized carbons (Fsp3) is 0.714. The first kappa shape index (κ1) is 49.4. The molecule has 7 nitrogen and oxygen atoms in total. The fourth-order valence-electron chi connectivity index (χ4n) is 15.6.